The fourth-order valence-corrected chi connectivity index (χ4v) is 3.00. The monoisotopic (exact) mass is 297 g/mol. The van der Waals surface area contributed by atoms with Gasteiger partial charge in [0, 0.05) is 17.5 Å². The van der Waals surface area contributed by atoms with Crippen LogP contribution in [0.1, 0.15) is 16.1 Å². The van der Waals surface area contributed by atoms with E-state index in [0.717, 1.165) is 16.6 Å². The zero-order valence-corrected chi connectivity index (χ0v) is 11.9. The first-order chi connectivity index (χ1) is 10.2. The SMILES string of the molecule is O=C(c1cc2cccc(Cl)c2o1)C1Cc2ccccc2N1. The van der Waals surface area contributed by atoms with Crippen molar-refractivity contribution in [2.75, 3.05) is 5.32 Å². The average Bonchev–Trinajstić information content (AvgIpc) is 3.11. The minimum atomic E-state index is -0.276. The summed E-state index contributed by atoms with van der Waals surface area (Å²) in [7, 11) is 0. The topological polar surface area (TPSA) is 42.2 Å². The van der Waals surface area contributed by atoms with E-state index in [1.807, 2.05) is 36.4 Å². The molecule has 1 atom stereocenters. The lowest BCUT2D eigenvalue weighted by Gasteiger charge is -2.07. The summed E-state index contributed by atoms with van der Waals surface area (Å²) in [5.74, 6) is 0.307. The van der Waals surface area contributed by atoms with E-state index in [-0.39, 0.29) is 11.8 Å². The molecule has 1 aromatic heterocycles. The van der Waals surface area contributed by atoms with E-state index in [1.54, 1.807) is 12.1 Å². The summed E-state index contributed by atoms with van der Waals surface area (Å²) in [5, 5.41) is 4.62. The molecule has 3 aromatic rings. The van der Waals surface area contributed by atoms with Gasteiger partial charge in [-0.3, -0.25) is 4.79 Å². The van der Waals surface area contributed by atoms with Crippen LogP contribution in [0.3, 0.4) is 0 Å². The molecule has 1 aliphatic heterocycles. The molecule has 3 nitrogen and oxygen atoms in total. The molecular weight excluding hydrogens is 286 g/mol. The van der Waals surface area contributed by atoms with E-state index < -0.39 is 0 Å². The van der Waals surface area contributed by atoms with Crippen LogP contribution in [0, 0.1) is 0 Å². The molecule has 21 heavy (non-hydrogen) atoms. The van der Waals surface area contributed by atoms with Gasteiger partial charge in [-0.2, -0.15) is 0 Å². The Morgan fingerprint density at radius 3 is 2.86 bits per heavy atom. The Kier molecular flexibility index (Phi) is 2.76. The number of halogens is 1. The maximum atomic E-state index is 12.6. The van der Waals surface area contributed by atoms with E-state index in [9.17, 15) is 4.79 Å². The second kappa shape index (κ2) is 4.64. The number of hydrogen-bond donors (Lipinski definition) is 1. The average molecular weight is 298 g/mol. The minimum absolute atomic E-state index is 0.0431. The maximum absolute atomic E-state index is 12.6. The van der Waals surface area contributed by atoms with Crippen molar-refractivity contribution >= 4 is 34.0 Å². The summed E-state index contributed by atoms with van der Waals surface area (Å²) >= 11 is 6.09. The van der Waals surface area contributed by atoms with Crippen molar-refractivity contribution in [3.63, 3.8) is 0 Å². The summed E-state index contributed by atoms with van der Waals surface area (Å²) in [6.45, 7) is 0. The third kappa shape index (κ3) is 2.01. The van der Waals surface area contributed by atoms with Crippen molar-refractivity contribution in [2.24, 2.45) is 0 Å². The van der Waals surface area contributed by atoms with E-state index in [1.165, 1.54) is 0 Å². The Morgan fingerprint density at radius 1 is 1.19 bits per heavy atom. The van der Waals surface area contributed by atoms with Gasteiger partial charge in [0.2, 0.25) is 5.78 Å². The van der Waals surface area contributed by atoms with Crippen LogP contribution in [0.4, 0.5) is 5.69 Å². The molecule has 2 aromatic carbocycles. The number of anilines is 1. The Labute approximate surface area is 126 Å². The van der Waals surface area contributed by atoms with Gasteiger partial charge in [-0.05, 0) is 23.8 Å². The highest BCUT2D eigenvalue weighted by atomic mass is 35.5. The highest BCUT2D eigenvalue weighted by Gasteiger charge is 2.29. The number of furan rings is 1. The molecular formula is C17H12ClNO2. The lowest BCUT2D eigenvalue weighted by atomic mass is 10.1. The van der Waals surface area contributed by atoms with Crippen molar-refractivity contribution in [3.05, 3.63) is 64.9 Å². The molecule has 1 N–H and O–H groups in total. The molecule has 0 saturated heterocycles. The Bertz CT molecular complexity index is 828. The van der Waals surface area contributed by atoms with Gasteiger partial charge in [-0.25, -0.2) is 0 Å². The maximum Gasteiger partial charge on any atom is 0.220 e. The number of hydrogen-bond acceptors (Lipinski definition) is 3. The molecule has 0 spiro atoms. The van der Waals surface area contributed by atoms with Gasteiger partial charge in [0.1, 0.15) is 0 Å². The molecule has 0 bridgehead atoms. The van der Waals surface area contributed by atoms with Crippen LogP contribution in [0.5, 0.6) is 0 Å². The van der Waals surface area contributed by atoms with E-state index in [0.29, 0.717) is 22.8 Å². The lowest BCUT2D eigenvalue weighted by molar-refractivity contribution is 0.0947. The van der Waals surface area contributed by atoms with E-state index >= 15 is 0 Å². The number of para-hydroxylation sites is 2. The van der Waals surface area contributed by atoms with Crippen LogP contribution in [0.15, 0.2) is 52.9 Å². The van der Waals surface area contributed by atoms with Gasteiger partial charge < -0.3 is 9.73 Å². The Morgan fingerprint density at radius 2 is 2.05 bits per heavy atom. The first kappa shape index (κ1) is 12.5. The van der Waals surface area contributed by atoms with Crippen LogP contribution < -0.4 is 5.32 Å². The summed E-state index contributed by atoms with van der Waals surface area (Å²) in [6, 6.07) is 14.9. The third-order valence-corrected chi connectivity index (χ3v) is 4.12. The van der Waals surface area contributed by atoms with Crippen LogP contribution in [-0.4, -0.2) is 11.8 Å². The lowest BCUT2D eigenvalue weighted by Crippen LogP contribution is -2.26. The predicted octanol–water partition coefficient (Wildman–Crippen LogP) is 4.31. The van der Waals surface area contributed by atoms with Crippen molar-refractivity contribution in [3.8, 4) is 0 Å². The summed E-state index contributed by atoms with van der Waals surface area (Å²) < 4.78 is 5.65. The fourth-order valence-electron chi connectivity index (χ4n) is 2.78. The number of rotatable bonds is 2. The number of nitrogens with one attached hydrogen (secondary N) is 1. The Balaban J connectivity index is 1.67. The minimum Gasteiger partial charge on any atom is -0.451 e. The number of carbonyl (C=O) groups is 1. The number of carbonyl (C=O) groups excluding carboxylic acids is 1. The Hall–Kier alpha value is -2.26. The first-order valence-corrected chi connectivity index (χ1v) is 7.17. The van der Waals surface area contributed by atoms with Crippen LogP contribution >= 0.6 is 11.6 Å². The number of ketones is 1. The predicted molar refractivity (Wildman–Crippen MR) is 83.1 cm³/mol. The number of Topliss-reactive ketones (excluding diaryl/α,β-unsaturated/α-hetero) is 1. The standard InChI is InChI=1S/C17H12ClNO2/c18-12-6-3-5-11-9-15(21-17(11)12)16(20)14-8-10-4-1-2-7-13(10)19-14/h1-7,9,14,19H,8H2. The van der Waals surface area contributed by atoms with Gasteiger partial charge >= 0.3 is 0 Å². The zero-order chi connectivity index (χ0) is 14.4. The van der Waals surface area contributed by atoms with Crippen molar-refractivity contribution in [2.45, 2.75) is 12.5 Å². The molecule has 104 valence electrons. The molecule has 2 heterocycles. The van der Waals surface area contributed by atoms with Gasteiger partial charge in [-0.1, -0.05) is 41.9 Å². The fraction of sp³-hybridized carbons (Fsp3) is 0.118. The van der Waals surface area contributed by atoms with Gasteiger partial charge in [0.05, 0.1) is 11.1 Å². The van der Waals surface area contributed by atoms with Crippen molar-refractivity contribution in [1.82, 2.24) is 0 Å². The highest BCUT2D eigenvalue weighted by molar-refractivity contribution is 6.34. The normalized spacial score (nSPS) is 16.7. The molecule has 0 aliphatic carbocycles. The summed E-state index contributed by atoms with van der Waals surface area (Å²) in [5.41, 5.74) is 2.74. The van der Waals surface area contributed by atoms with E-state index in [2.05, 4.69) is 5.32 Å². The molecule has 0 radical (unpaired) electrons. The molecule has 0 amide bonds. The molecule has 1 unspecified atom stereocenters. The molecule has 0 saturated carbocycles. The quantitative estimate of drug-likeness (QED) is 0.717. The second-order valence-electron chi connectivity index (χ2n) is 5.19. The van der Waals surface area contributed by atoms with Gasteiger partial charge in [0.15, 0.2) is 11.3 Å². The third-order valence-electron chi connectivity index (χ3n) is 3.83. The van der Waals surface area contributed by atoms with Crippen molar-refractivity contribution < 1.29 is 9.21 Å². The van der Waals surface area contributed by atoms with Crippen LogP contribution in [-0.2, 0) is 6.42 Å². The van der Waals surface area contributed by atoms with Crippen LogP contribution in [0.2, 0.25) is 5.02 Å². The van der Waals surface area contributed by atoms with Crippen LogP contribution in [0.25, 0.3) is 11.0 Å². The molecule has 4 rings (SSSR count). The number of fused-ring (bicyclic) bond motifs is 2. The summed E-state index contributed by atoms with van der Waals surface area (Å²) in [4.78, 5) is 12.6. The largest absolute Gasteiger partial charge is 0.451 e. The van der Waals surface area contributed by atoms with Gasteiger partial charge in [0.25, 0.3) is 0 Å². The molecule has 1 aliphatic rings. The highest BCUT2D eigenvalue weighted by Crippen LogP contribution is 2.30. The smallest absolute Gasteiger partial charge is 0.220 e. The number of benzene rings is 2. The molecule has 0 fully saturated rings. The summed E-state index contributed by atoms with van der Waals surface area (Å²) in [6.07, 6.45) is 0.680. The van der Waals surface area contributed by atoms with Crippen molar-refractivity contribution in [1.29, 1.82) is 0 Å². The second-order valence-corrected chi connectivity index (χ2v) is 5.60. The zero-order valence-electron chi connectivity index (χ0n) is 11.1. The van der Waals surface area contributed by atoms with E-state index in [4.69, 9.17) is 16.0 Å². The van der Waals surface area contributed by atoms with Gasteiger partial charge in [-0.15, -0.1) is 0 Å². The molecule has 4 heteroatoms. The first-order valence-electron chi connectivity index (χ1n) is 6.79.